The van der Waals surface area contributed by atoms with Crippen LogP contribution in [-0.4, -0.2) is 23.1 Å². The second-order valence-electron chi connectivity index (χ2n) is 24.8. The Balaban J connectivity index is 0.964. The molecule has 0 saturated heterocycles. The zero-order chi connectivity index (χ0) is 55.1. The molecule has 5 heterocycles. The SMILES string of the molecule is Cc1ccnc(-n2c3[c-]c(Oc4[c-]c(-n5[c](=[Pt])n(-c6c(-c7ccccc7)cccc6-c6cc(C(C)(C)C)cc(C(C)(C)C)c6)c6ccccc65)cc(C(C)(C)C)c4)ccc3c3cc4c5cccc6c7ccccc7n(c4cc32)c65)c1. The fourth-order valence-corrected chi connectivity index (χ4v) is 13.2. The van der Waals surface area contributed by atoms with Gasteiger partial charge in [-0.15, -0.1) is 0 Å². The van der Waals surface area contributed by atoms with E-state index in [4.69, 9.17) is 9.72 Å². The van der Waals surface area contributed by atoms with Crippen LogP contribution in [0.3, 0.4) is 0 Å². The van der Waals surface area contributed by atoms with Crippen molar-refractivity contribution in [2.24, 2.45) is 0 Å². The molecule has 7 heteroatoms. The molecule has 9 aromatic carbocycles. The fraction of sp³-hybridized carbons (Fsp3) is 0.178. The van der Waals surface area contributed by atoms with Gasteiger partial charge in [-0.3, -0.25) is 0 Å². The van der Waals surface area contributed by atoms with E-state index in [1.54, 1.807) is 0 Å². The third-order valence-electron chi connectivity index (χ3n) is 16.3. The number of aryl methyl sites for hydroxylation is 1. The smallest absolute Gasteiger partial charge is 0.0620 e. The molecular formula is C73H61N5OPt-2. The van der Waals surface area contributed by atoms with Gasteiger partial charge >= 0.3 is 371 Å². The van der Waals surface area contributed by atoms with Crippen molar-refractivity contribution in [2.45, 2.75) is 85.5 Å². The van der Waals surface area contributed by atoms with Crippen molar-refractivity contribution in [3.8, 4) is 50.9 Å². The molecule has 0 aliphatic carbocycles. The number of fused-ring (bicyclic) bond motifs is 10. The Morgan fingerprint density at radius 2 is 1.04 bits per heavy atom. The van der Waals surface area contributed by atoms with E-state index in [9.17, 15) is 0 Å². The molecule has 0 N–H and O–H groups in total. The summed E-state index contributed by atoms with van der Waals surface area (Å²) in [5.74, 6) is 2.03. The number of benzene rings is 9. The zero-order valence-electron chi connectivity index (χ0n) is 46.9. The van der Waals surface area contributed by atoms with Gasteiger partial charge in [0, 0.05) is 27.7 Å². The van der Waals surface area contributed by atoms with E-state index in [2.05, 4.69) is 295 Å². The molecule has 0 atom stereocenters. The van der Waals surface area contributed by atoms with E-state index in [1.165, 1.54) is 54.8 Å². The average molecular weight is 1220 g/mol. The Bertz CT molecular complexity index is 4860. The van der Waals surface area contributed by atoms with Gasteiger partial charge in [0.2, 0.25) is 0 Å². The van der Waals surface area contributed by atoms with Crippen LogP contribution >= 0.6 is 0 Å². The number of hydrogen-bond donors (Lipinski definition) is 0. The summed E-state index contributed by atoms with van der Waals surface area (Å²) in [4.78, 5) is 5.00. The van der Waals surface area contributed by atoms with E-state index in [-0.39, 0.29) is 16.2 Å². The third-order valence-corrected chi connectivity index (χ3v) is 17.3. The molecule has 396 valence electrons. The van der Waals surface area contributed by atoms with E-state index in [0.717, 1.165) is 81.6 Å². The maximum atomic E-state index is 7.10. The Hall–Kier alpha value is -8.31. The minimum atomic E-state index is -0.227. The quantitative estimate of drug-likeness (QED) is 0.149. The zero-order valence-corrected chi connectivity index (χ0v) is 49.1. The van der Waals surface area contributed by atoms with E-state index >= 15 is 0 Å². The van der Waals surface area contributed by atoms with Crippen LogP contribution in [-0.2, 0) is 35.6 Å². The number of nitrogens with zero attached hydrogens (tertiary/aromatic N) is 5. The van der Waals surface area contributed by atoms with Crippen LogP contribution in [0.5, 0.6) is 11.5 Å². The molecule has 0 bridgehead atoms. The average Bonchev–Trinajstić information content (AvgIpc) is 4.28. The molecule has 14 aromatic rings. The van der Waals surface area contributed by atoms with Gasteiger partial charge in [0.05, 0.1) is 16.6 Å². The Kier molecular flexibility index (Phi) is 11.3. The Morgan fingerprint density at radius 3 is 1.74 bits per heavy atom. The van der Waals surface area contributed by atoms with Gasteiger partial charge in [-0.2, -0.15) is 0 Å². The predicted molar refractivity (Wildman–Crippen MR) is 329 cm³/mol. The van der Waals surface area contributed by atoms with Crippen molar-refractivity contribution < 1.29 is 24.1 Å². The molecule has 6 nitrogen and oxygen atoms in total. The van der Waals surface area contributed by atoms with Crippen LogP contribution in [0.2, 0.25) is 0 Å². The van der Waals surface area contributed by atoms with Crippen molar-refractivity contribution in [2.75, 3.05) is 0 Å². The summed E-state index contributed by atoms with van der Waals surface area (Å²) in [6.07, 6.45) is 1.90. The van der Waals surface area contributed by atoms with Gasteiger partial charge in [-0.25, -0.2) is 0 Å². The van der Waals surface area contributed by atoms with Crippen LogP contribution in [0, 0.1) is 22.9 Å². The van der Waals surface area contributed by atoms with E-state index in [1.807, 2.05) is 12.3 Å². The summed E-state index contributed by atoms with van der Waals surface area (Å²) in [6, 6.07) is 74.3. The molecule has 0 amide bonds. The first kappa shape index (κ1) is 49.9. The van der Waals surface area contributed by atoms with Crippen molar-refractivity contribution in [3.05, 3.63) is 226 Å². The summed E-state index contributed by atoms with van der Waals surface area (Å²) >= 11 is 2.55. The molecule has 0 aliphatic heterocycles. The monoisotopic (exact) mass is 1220 g/mol. The van der Waals surface area contributed by atoms with Crippen LogP contribution in [0.4, 0.5) is 0 Å². The molecule has 0 spiro atoms. The summed E-state index contributed by atoms with van der Waals surface area (Å²) in [5, 5.41) is 7.21. The van der Waals surface area contributed by atoms with Crippen molar-refractivity contribution in [3.63, 3.8) is 0 Å². The first-order valence-electron chi connectivity index (χ1n) is 27.7. The van der Waals surface area contributed by atoms with Gasteiger partial charge in [-0.05, 0) is 24.6 Å². The molecule has 5 aromatic heterocycles. The van der Waals surface area contributed by atoms with Gasteiger partial charge in [0.25, 0.3) is 0 Å². The minimum Gasteiger partial charge on any atom is 0.0620 e. The van der Waals surface area contributed by atoms with Crippen LogP contribution in [0.1, 0.15) is 84.6 Å². The predicted octanol–water partition coefficient (Wildman–Crippen LogP) is 19.1. The van der Waals surface area contributed by atoms with Crippen molar-refractivity contribution in [1.29, 1.82) is 0 Å². The normalized spacial score (nSPS) is 12.7. The summed E-state index contributed by atoms with van der Waals surface area (Å²) < 4.78 is 17.6. The standard InChI is InChI=1S/C73H61N5O.Pt/c1-45-32-33-74-68(34-45)77-65-41-52(30-31-57(65)60-42-61-59-26-19-25-58-56-22-14-15-27-62(56)78(70(58)59)67(61)43-66(60)77)79-53-39-50(73(8,9)10)38-51(40-53)75-44-76(64-29-17-16-28-63(64)75)69-54(46-20-12-11-13-21-46)23-18-24-55(69)47-35-48(71(2,3)4)37-49(36-47)72(5,6)7;/h11-39,42-43H,1-10H3;/q-2;. The first-order valence-corrected chi connectivity index (χ1v) is 28.8. The van der Waals surface area contributed by atoms with E-state index < -0.39 is 0 Å². The van der Waals surface area contributed by atoms with Crippen molar-refractivity contribution >= 4 is 70.9 Å². The Morgan fingerprint density at radius 1 is 0.438 bits per heavy atom. The van der Waals surface area contributed by atoms with Crippen LogP contribution in [0.25, 0.3) is 110 Å². The number of imidazole rings is 1. The molecule has 0 saturated carbocycles. The topological polar surface area (TPSA) is 41.3 Å². The van der Waals surface area contributed by atoms with E-state index in [0.29, 0.717) is 11.5 Å². The number of pyridine rings is 1. The third kappa shape index (κ3) is 8.00. The summed E-state index contributed by atoms with van der Waals surface area (Å²) in [6.45, 7) is 22.8. The van der Waals surface area contributed by atoms with Gasteiger partial charge in [0.15, 0.2) is 0 Å². The van der Waals surface area contributed by atoms with Gasteiger partial charge < -0.3 is 4.40 Å². The number of rotatable bonds is 7. The van der Waals surface area contributed by atoms with Gasteiger partial charge in [0.1, 0.15) is 0 Å². The molecule has 0 unspecified atom stereocenters. The van der Waals surface area contributed by atoms with Crippen LogP contribution < -0.4 is 4.74 Å². The molecular weight excluding hydrogens is 1160 g/mol. The molecule has 80 heavy (non-hydrogen) atoms. The number of aromatic nitrogens is 5. The fourth-order valence-electron chi connectivity index (χ4n) is 12.1. The Labute approximate surface area is 477 Å². The second kappa shape index (κ2) is 18.1. The molecule has 0 aliphatic rings. The number of hydrogen-bond acceptors (Lipinski definition) is 2. The second-order valence-corrected chi connectivity index (χ2v) is 25.8. The van der Waals surface area contributed by atoms with Crippen LogP contribution in [0.15, 0.2) is 188 Å². The summed E-state index contributed by atoms with van der Waals surface area (Å²) in [7, 11) is 0. The molecule has 0 fully saturated rings. The summed E-state index contributed by atoms with van der Waals surface area (Å²) in [5.41, 5.74) is 18.9. The van der Waals surface area contributed by atoms with Crippen molar-refractivity contribution in [1.82, 2.24) is 23.1 Å². The number of ether oxygens (including phenoxy) is 1. The number of para-hydroxylation sites is 5. The molecule has 14 rings (SSSR count). The first-order chi connectivity index (χ1) is 38.4. The maximum absolute atomic E-state index is 7.10. The van der Waals surface area contributed by atoms with Gasteiger partial charge in [-0.1, -0.05) is 36.4 Å². The minimum absolute atomic E-state index is 0.0567. The molecule has 0 radical (unpaired) electrons.